The second-order valence-electron chi connectivity index (χ2n) is 7.14. The van der Waals surface area contributed by atoms with Gasteiger partial charge in [0, 0.05) is 17.1 Å². The van der Waals surface area contributed by atoms with Crippen molar-refractivity contribution in [2.45, 2.75) is 6.92 Å². The summed E-state index contributed by atoms with van der Waals surface area (Å²) < 4.78 is 28.5. The molecule has 0 aliphatic rings. The molecule has 1 N–H and O–H groups in total. The van der Waals surface area contributed by atoms with Crippen LogP contribution in [0.5, 0.6) is 11.5 Å². The molecular formula is C23H20Cl2N3O4P. The van der Waals surface area contributed by atoms with Gasteiger partial charge in [-0.05, 0) is 67.6 Å². The fourth-order valence-corrected chi connectivity index (χ4v) is 4.88. The van der Waals surface area contributed by atoms with Gasteiger partial charge in [0.15, 0.2) is 0 Å². The summed E-state index contributed by atoms with van der Waals surface area (Å²) in [5.41, 5.74) is 0.894. The Kier molecular flexibility index (Phi) is 6.56. The van der Waals surface area contributed by atoms with E-state index in [4.69, 9.17) is 32.2 Å². The zero-order valence-corrected chi connectivity index (χ0v) is 20.1. The Morgan fingerprint density at radius 2 is 1.30 bits per heavy atom. The monoisotopic (exact) mass is 503 g/mol. The number of anilines is 1. The van der Waals surface area contributed by atoms with Gasteiger partial charge in [-0.2, -0.15) is 0 Å². The summed E-state index contributed by atoms with van der Waals surface area (Å²) in [6.45, 7) is 1.73. The van der Waals surface area contributed by atoms with E-state index in [1.165, 1.54) is 4.68 Å². The lowest BCUT2D eigenvalue weighted by atomic mass is 10.3. The lowest BCUT2D eigenvalue weighted by molar-refractivity contribution is 0.392. The molecule has 1 heterocycles. The Hall–Kier alpha value is -3.12. The van der Waals surface area contributed by atoms with E-state index in [-0.39, 0.29) is 17.2 Å². The topological polar surface area (TPSA) is 74.5 Å². The molecule has 4 aromatic rings. The lowest BCUT2D eigenvalue weighted by Crippen LogP contribution is -2.21. The molecule has 0 bridgehead atoms. The number of para-hydroxylation sites is 1. The van der Waals surface area contributed by atoms with Gasteiger partial charge < -0.3 is 9.05 Å². The average molecular weight is 504 g/mol. The largest absolute Gasteiger partial charge is 0.541 e. The smallest absolute Gasteiger partial charge is 0.400 e. The third kappa shape index (κ3) is 5.11. The highest BCUT2D eigenvalue weighted by Crippen LogP contribution is 2.48. The van der Waals surface area contributed by atoms with E-state index in [0.717, 1.165) is 0 Å². The zero-order valence-electron chi connectivity index (χ0n) is 17.7. The third-order valence-electron chi connectivity index (χ3n) is 4.88. The maximum Gasteiger partial charge on any atom is 0.541 e. The highest BCUT2D eigenvalue weighted by molar-refractivity contribution is 7.56. The van der Waals surface area contributed by atoms with Crippen molar-refractivity contribution >= 4 is 36.6 Å². The second-order valence-corrected chi connectivity index (χ2v) is 9.59. The number of nitrogens with one attached hydrogen (secondary N) is 1. The first-order valence-corrected chi connectivity index (χ1v) is 12.2. The molecular weight excluding hydrogens is 484 g/mol. The highest BCUT2D eigenvalue weighted by atomic mass is 35.5. The van der Waals surface area contributed by atoms with Crippen LogP contribution in [0.4, 0.5) is 5.69 Å². The van der Waals surface area contributed by atoms with Gasteiger partial charge in [-0.25, -0.2) is 9.25 Å². The Balaban J connectivity index is 1.75. The Morgan fingerprint density at radius 3 is 1.79 bits per heavy atom. The molecule has 0 fully saturated rings. The Labute approximate surface area is 200 Å². The van der Waals surface area contributed by atoms with Crippen LogP contribution in [0.15, 0.2) is 83.7 Å². The first-order valence-electron chi connectivity index (χ1n) is 9.88. The molecule has 0 saturated heterocycles. The van der Waals surface area contributed by atoms with Gasteiger partial charge in [0.1, 0.15) is 17.2 Å². The summed E-state index contributed by atoms with van der Waals surface area (Å²) in [7, 11) is -2.39. The van der Waals surface area contributed by atoms with Crippen molar-refractivity contribution in [2.75, 3.05) is 5.09 Å². The Bertz CT molecular complexity index is 1320. The molecule has 0 atom stereocenters. The van der Waals surface area contributed by atoms with Crippen molar-refractivity contribution in [1.82, 2.24) is 9.36 Å². The van der Waals surface area contributed by atoms with Crippen LogP contribution in [0.25, 0.3) is 5.69 Å². The van der Waals surface area contributed by atoms with E-state index in [2.05, 4.69) is 5.09 Å². The van der Waals surface area contributed by atoms with Gasteiger partial charge in [0.2, 0.25) is 0 Å². The van der Waals surface area contributed by atoms with E-state index in [9.17, 15) is 9.36 Å². The van der Waals surface area contributed by atoms with Crippen molar-refractivity contribution in [3.8, 4) is 17.2 Å². The minimum atomic E-state index is -4.13. The SMILES string of the molecule is Cc1c(NP(=O)(Oc2ccc(Cl)cc2)Oc2ccc(Cl)cc2)c(=O)n(-c2ccccc2)n1C. The molecule has 0 saturated carbocycles. The second kappa shape index (κ2) is 9.40. The molecule has 0 aliphatic carbocycles. The van der Waals surface area contributed by atoms with Crippen LogP contribution >= 0.6 is 30.9 Å². The van der Waals surface area contributed by atoms with Crippen LogP contribution < -0.4 is 19.7 Å². The summed E-state index contributed by atoms with van der Waals surface area (Å²) in [4.78, 5) is 13.3. The standard InChI is InChI=1S/C23H20Cl2N3O4P/c1-16-22(23(29)28(27(16)2)19-6-4-3-5-7-19)26-33(30,31-20-12-8-17(24)9-13-20)32-21-14-10-18(25)11-15-21/h3-15H,1-2H3,(H,26,30). The highest BCUT2D eigenvalue weighted by Gasteiger charge is 2.33. The Morgan fingerprint density at radius 1 is 0.818 bits per heavy atom. The molecule has 33 heavy (non-hydrogen) atoms. The van der Waals surface area contributed by atoms with Crippen molar-refractivity contribution < 1.29 is 13.6 Å². The number of rotatable bonds is 7. The first-order chi connectivity index (χ1) is 15.8. The maximum atomic E-state index is 13.9. The predicted molar refractivity (Wildman–Crippen MR) is 131 cm³/mol. The molecule has 7 nitrogen and oxygen atoms in total. The molecule has 0 aliphatic heterocycles. The van der Waals surface area contributed by atoms with E-state index in [1.807, 2.05) is 18.2 Å². The number of aromatic nitrogens is 2. The zero-order chi connectivity index (χ0) is 23.6. The van der Waals surface area contributed by atoms with Crippen molar-refractivity contribution in [2.24, 2.45) is 7.05 Å². The van der Waals surface area contributed by atoms with Gasteiger partial charge in [-0.3, -0.25) is 14.6 Å². The quantitative estimate of drug-likeness (QED) is 0.292. The predicted octanol–water partition coefficient (Wildman–Crippen LogP) is 6.47. The van der Waals surface area contributed by atoms with Crippen LogP contribution in [-0.4, -0.2) is 9.36 Å². The number of hydrogen-bond acceptors (Lipinski definition) is 4. The van der Waals surface area contributed by atoms with Crippen LogP contribution in [-0.2, 0) is 11.6 Å². The molecule has 0 amide bonds. The van der Waals surface area contributed by atoms with E-state index >= 15 is 0 Å². The number of nitrogens with zero attached hydrogens (tertiary/aromatic N) is 2. The minimum Gasteiger partial charge on any atom is -0.400 e. The van der Waals surface area contributed by atoms with E-state index in [1.54, 1.807) is 79.3 Å². The van der Waals surface area contributed by atoms with Gasteiger partial charge in [-0.15, -0.1) is 0 Å². The van der Waals surface area contributed by atoms with Crippen molar-refractivity contribution in [3.05, 3.63) is 105 Å². The van der Waals surface area contributed by atoms with Crippen LogP contribution in [0.2, 0.25) is 10.0 Å². The molecule has 0 radical (unpaired) electrons. The van der Waals surface area contributed by atoms with Crippen LogP contribution in [0.1, 0.15) is 5.69 Å². The molecule has 10 heteroatoms. The van der Waals surface area contributed by atoms with Crippen LogP contribution in [0, 0.1) is 6.92 Å². The van der Waals surface area contributed by atoms with E-state index < -0.39 is 13.3 Å². The molecule has 0 spiro atoms. The summed E-state index contributed by atoms with van der Waals surface area (Å²) in [6.07, 6.45) is 0. The summed E-state index contributed by atoms with van der Waals surface area (Å²) in [6, 6.07) is 21.7. The van der Waals surface area contributed by atoms with Gasteiger partial charge in [0.05, 0.1) is 11.4 Å². The number of hydrogen-bond donors (Lipinski definition) is 1. The minimum absolute atomic E-state index is 0.0904. The molecule has 4 rings (SSSR count). The van der Waals surface area contributed by atoms with E-state index in [0.29, 0.717) is 21.4 Å². The lowest BCUT2D eigenvalue weighted by Gasteiger charge is -2.20. The van der Waals surface area contributed by atoms with Crippen molar-refractivity contribution in [3.63, 3.8) is 0 Å². The molecule has 1 aromatic heterocycles. The van der Waals surface area contributed by atoms with Crippen molar-refractivity contribution in [1.29, 1.82) is 0 Å². The molecule has 3 aromatic carbocycles. The van der Waals surface area contributed by atoms with Gasteiger partial charge in [-0.1, -0.05) is 41.4 Å². The average Bonchev–Trinajstić information content (AvgIpc) is 3.00. The number of benzene rings is 3. The van der Waals surface area contributed by atoms with Crippen LogP contribution in [0.3, 0.4) is 0 Å². The normalized spacial score (nSPS) is 11.3. The molecule has 170 valence electrons. The first kappa shape index (κ1) is 23.1. The number of halogens is 2. The molecule has 0 unspecified atom stereocenters. The third-order valence-corrected chi connectivity index (χ3v) is 6.79. The van der Waals surface area contributed by atoms with Gasteiger partial charge >= 0.3 is 7.75 Å². The summed E-state index contributed by atoms with van der Waals surface area (Å²) in [5, 5.41) is 3.73. The maximum absolute atomic E-state index is 13.9. The summed E-state index contributed by atoms with van der Waals surface area (Å²) in [5.74, 6) is 0.502. The fraction of sp³-hybridized carbons (Fsp3) is 0.0870. The van der Waals surface area contributed by atoms with Gasteiger partial charge in [0.25, 0.3) is 5.56 Å². The summed E-state index contributed by atoms with van der Waals surface area (Å²) >= 11 is 11.9. The fourth-order valence-electron chi connectivity index (χ4n) is 3.17.